The first-order chi connectivity index (χ1) is 7.49. The van der Waals surface area contributed by atoms with Gasteiger partial charge in [0.25, 0.3) is 0 Å². The zero-order valence-corrected chi connectivity index (χ0v) is 12.2. The molecule has 1 atom stereocenters. The smallest absolute Gasteiger partial charge is 0.209 e. The summed E-state index contributed by atoms with van der Waals surface area (Å²) in [4.78, 5) is 1.28. The first kappa shape index (κ1) is 12.5. The lowest BCUT2D eigenvalue weighted by Crippen LogP contribution is -2.30. The molecule has 0 spiro atoms. The van der Waals surface area contributed by atoms with Crippen LogP contribution in [0.2, 0.25) is 0 Å². The second-order valence-electron chi connectivity index (χ2n) is 4.07. The van der Waals surface area contributed by atoms with E-state index in [4.69, 9.17) is 0 Å². The van der Waals surface area contributed by atoms with Crippen molar-refractivity contribution in [2.24, 2.45) is 5.92 Å². The highest BCUT2D eigenvalue weighted by atomic mass is 79.9. The van der Waals surface area contributed by atoms with Crippen molar-refractivity contribution in [2.75, 3.05) is 6.54 Å². The van der Waals surface area contributed by atoms with Crippen molar-refractivity contribution >= 4 is 37.3 Å². The lowest BCUT2D eigenvalue weighted by Gasteiger charge is -2.09. The Hall–Kier alpha value is 0.0900. The van der Waals surface area contributed by atoms with Crippen molar-refractivity contribution in [1.82, 2.24) is 4.72 Å². The molecule has 0 bridgehead atoms. The zero-order chi connectivity index (χ0) is 11.8. The Morgan fingerprint density at radius 1 is 1.56 bits per heavy atom. The van der Waals surface area contributed by atoms with Crippen molar-refractivity contribution < 1.29 is 8.42 Å². The molecule has 1 heterocycles. The van der Waals surface area contributed by atoms with Crippen molar-refractivity contribution in [3.8, 4) is 0 Å². The van der Waals surface area contributed by atoms with Crippen molar-refractivity contribution in [2.45, 2.75) is 28.8 Å². The predicted molar refractivity (Wildman–Crippen MR) is 69.7 cm³/mol. The monoisotopic (exact) mass is 323 g/mol. The Morgan fingerprint density at radius 2 is 2.25 bits per heavy atom. The standard InChI is InChI=1S/C10H14BrNO2S2/c1-7-2-5-10(15-7)16(13,14)12-6-9(11)8-3-4-8/h2,5,8-9,12H,3-4,6H2,1H3. The van der Waals surface area contributed by atoms with Gasteiger partial charge < -0.3 is 0 Å². The van der Waals surface area contributed by atoms with Gasteiger partial charge in [0.15, 0.2) is 0 Å². The molecule has 1 aliphatic rings. The number of nitrogens with one attached hydrogen (secondary N) is 1. The number of halogens is 1. The fourth-order valence-corrected chi connectivity index (χ4v) is 4.73. The summed E-state index contributed by atoms with van der Waals surface area (Å²) in [6, 6.07) is 3.48. The van der Waals surface area contributed by atoms with E-state index in [2.05, 4.69) is 20.7 Å². The fraction of sp³-hybridized carbons (Fsp3) is 0.600. The molecule has 1 unspecified atom stereocenters. The summed E-state index contributed by atoms with van der Waals surface area (Å²) in [5, 5.41) is 0. The molecule has 0 aromatic carbocycles. The molecule has 3 nitrogen and oxygen atoms in total. The number of hydrogen-bond donors (Lipinski definition) is 1. The molecule has 90 valence electrons. The predicted octanol–water partition coefficient (Wildman–Crippen LogP) is 2.51. The third-order valence-corrected chi connectivity index (χ3v) is 6.57. The number of sulfonamides is 1. The summed E-state index contributed by atoms with van der Waals surface area (Å²) >= 11 is 4.82. The summed E-state index contributed by atoms with van der Waals surface area (Å²) in [5.41, 5.74) is 0. The Kier molecular flexibility index (Phi) is 3.73. The molecule has 0 aliphatic heterocycles. The van der Waals surface area contributed by atoms with Crippen LogP contribution < -0.4 is 4.72 Å². The maximum Gasteiger partial charge on any atom is 0.250 e. The highest BCUT2D eigenvalue weighted by molar-refractivity contribution is 9.09. The van der Waals surface area contributed by atoms with E-state index in [0.717, 1.165) is 4.88 Å². The van der Waals surface area contributed by atoms with Crippen LogP contribution in [0.5, 0.6) is 0 Å². The Labute approximate surface area is 108 Å². The van der Waals surface area contributed by atoms with Crippen LogP contribution in [0.4, 0.5) is 0 Å². The van der Waals surface area contributed by atoms with Crippen LogP contribution in [-0.4, -0.2) is 19.8 Å². The second-order valence-corrected chi connectivity index (χ2v) is 8.53. The van der Waals surface area contributed by atoms with Gasteiger partial charge in [0.1, 0.15) is 4.21 Å². The van der Waals surface area contributed by atoms with Gasteiger partial charge in [0.2, 0.25) is 10.0 Å². The van der Waals surface area contributed by atoms with Crippen molar-refractivity contribution in [1.29, 1.82) is 0 Å². The molecule has 1 fully saturated rings. The average Bonchev–Trinajstić information content (AvgIpc) is 2.98. The topological polar surface area (TPSA) is 46.2 Å². The van der Waals surface area contributed by atoms with E-state index < -0.39 is 10.0 Å². The van der Waals surface area contributed by atoms with Gasteiger partial charge in [0, 0.05) is 16.2 Å². The molecule has 6 heteroatoms. The van der Waals surface area contributed by atoms with E-state index in [1.54, 1.807) is 6.07 Å². The van der Waals surface area contributed by atoms with Gasteiger partial charge in [-0.2, -0.15) is 0 Å². The van der Waals surface area contributed by atoms with Gasteiger partial charge >= 0.3 is 0 Å². The molecule has 2 rings (SSSR count). The minimum Gasteiger partial charge on any atom is -0.209 e. The quantitative estimate of drug-likeness (QED) is 0.846. The summed E-state index contributed by atoms with van der Waals surface area (Å²) in [5.74, 6) is 0.646. The Morgan fingerprint density at radius 3 is 2.75 bits per heavy atom. The summed E-state index contributed by atoms with van der Waals surface area (Å²) < 4.78 is 26.8. The van der Waals surface area contributed by atoms with Gasteiger partial charge in [-0.1, -0.05) is 15.9 Å². The Balaban J connectivity index is 1.97. The molecule has 0 saturated heterocycles. The van der Waals surface area contributed by atoms with Crippen LogP contribution >= 0.6 is 27.3 Å². The van der Waals surface area contributed by atoms with Crippen molar-refractivity contribution in [3.63, 3.8) is 0 Å². The van der Waals surface area contributed by atoms with E-state index in [0.29, 0.717) is 16.7 Å². The zero-order valence-electron chi connectivity index (χ0n) is 8.94. The third kappa shape index (κ3) is 3.06. The number of aryl methyl sites for hydroxylation is 1. The molecule has 1 N–H and O–H groups in total. The summed E-state index contributed by atoms with van der Waals surface area (Å²) in [6.07, 6.45) is 2.41. The van der Waals surface area contributed by atoms with Gasteiger partial charge in [-0.05, 0) is 37.8 Å². The van der Waals surface area contributed by atoms with Gasteiger partial charge in [-0.25, -0.2) is 13.1 Å². The maximum atomic E-state index is 11.9. The fourth-order valence-electron chi connectivity index (χ4n) is 1.44. The molecular weight excluding hydrogens is 310 g/mol. The van der Waals surface area contributed by atoms with E-state index in [1.807, 2.05) is 13.0 Å². The van der Waals surface area contributed by atoms with Gasteiger partial charge in [0.05, 0.1) is 0 Å². The molecule has 1 aromatic heterocycles. The average molecular weight is 324 g/mol. The highest BCUT2D eigenvalue weighted by Crippen LogP contribution is 2.36. The first-order valence-electron chi connectivity index (χ1n) is 5.19. The minimum absolute atomic E-state index is 0.267. The van der Waals surface area contributed by atoms with Crippen LogP contribution in [-0.2, 0) is 10.0 Å². The van der Waals surface area contributed by atoms with E-state index in [1.165, 1.54) is 24.2 Å². The summed E-state index contributed by atoms with van der Waals surface area (Å²) in [7, 11) is -3.30. The third-order valence-electron chi connectivity index (χ3n) is 2.58. The van der Waals surface area contributed by atoms with Crippen LogP contribution in [0.15, 0.2) is 16.3 Å². The van der Waals surface area contributed by atoms with Crippen LogP contribution in [0.1, 0.15) is 17.7 Å². The maximum absolute atomic E-state index is 11.9. The molecular formula is C10H14BrNO2S2. The summed E-state index contributed by atoms with van der Waals surface area (Å²) in [6.45, 7) is 2.38. The van der Waals surface area contributed by atoms with E-state index in [-0.39, 0.29) is 4.83 Å². The number of thiophene rings is 1. The van der Waals surface area contributed by atoms with E-state index in [9.17, 15) is 8.42 Å². The largest absolute Gasteiger partial charge is 0.250 e. The van der Waals surface area contributed by atoms with Crippen LogP contribution in [0.3, 0.4) is 0 Å². The molecule has 0 amide bonds. The first-order valence-corrected chi connectivity index (χ1v) is 8.41. The van der Waals surface area contributed by atoms with Crippen LogP contribution in [0, 0.1) is 12.8 Å². The van der Waals surface area contributed by atoms with Gasteiger partial charge in [-0.15, -0.1) is 11.3 Å². The second kappa shape index (κ2) is 4.76. The molecule has 1 saturated carbocycles. The normalized spacial score (nSPS) is 18.6. The number of rotatable bonds is 5. The van der Waals surface area contributed by atoms with Crippen molar-refractivity contribution in [3.05, 3.63) is 17.0 Å². The molecule has 1 aliphatic carbocycles. The SMILES string of the molecule is Cc1ccc(S(=O)(=O)NCC(Br)C2CC2)s1. The number of hydrogen-bond acceptors (Lipinski definition) is 3. The van der Waals surface area contributed by atoms with Gasteiger partial charge in [-0.3, -0.25) is 0 Å². The lowest BCUT2D eigenvalue weighted by molar-refractivity contribution is 0.580. The van der Waals surface area contributed by atoms with E-state index >= 15 is 0 Å². The molecule has 1 aromatic rings. The molecule has 0 radical (unpaired) electrons. The lowest BCUT2D eigenvalue weighted by atomic mass is 10.3. The number of alkyl halides is 1. The Bertz CT molecular complexity index is 465. The minimum atomic E-state index is -3.30. The molecule has 16 heavy (non-hydrogen) atoms. The van der Waals surface area contributed by atoms with Crippen LogP contribution in [0.25, 0.3) is 0 Å². The highest BCUT2D eigenvalue weighted by Gasteiger charge is 2.30.